The van der Waals surface area contributed by atoms with Gasteiger partial charge in [0.05, 0.1) is 22.3 Å². The lowest BCUT2D eigenvalue weighted by atomic mass is 10.1. The first-order chi connectivity index (χ1) is 14.3. The topological polar surface area (TPSA) is 46.9 Å². The van der Waals surface area contributed by atoms with Crippen LogP contribution in [-0.2, 0) is 6.18 Å². The van der Waals surface area contributed by atoms with E-state index in [2.05, 4.69) is 10.3 Å². The number of nitrogens with one attached hydrogen (secondary N) is 1. The summed E-state index contributed by atoms with van der Waals surface area (Å²) in [5.41, 5.74) is 1.21. The van der Waals surface area contributed by atoms with E-state index in [0.717, 1.165) is 17.0 Å². The van der Waals surface area contributed by atoms with Gasteiger partial charge in [0.15, 0.2) is 0 Å². The van der Waals surface area contributed by atoms with Crippen LogP contribution >= 0.6 is 0 Å². The maximum atomic E-state index is 13.5. The number of fused-ring (bicyclic) bond motifs is 1. The standard InChI is InChI=1S/C23H18F3N3O/c1-14-13-17(15(2)29(14)20-10-6-4-8-18(20)23(24,25)26)22(30)28-21-12-11-16-7-3-5-9-19(16)27-21/h3-13H,1-2H3,(H,27,28,30). The molecule has 0 fully saturated rings. The smallest absolute Gasteiger partial charge is 0.317 e. The third-order valence-electron chi connectivity index (χ3n) is 4.97. The summed E-state index contributed by atoms with van der Waals surface area (Å²) in [6.45, 7) is 3.30. The zero-order valence-electron chi connectivity index (χ0n) is 16.3. The number of alkyl halides is 3. The quantitative estimate of drug-likeness (QED) is 0.457. The number of carbonyl (C=O) groups excluding carboxylic acids is 1. The lowest BCUT2D eigenvalue weighted by molar-refractivity contribution is -0.137. The molecule has 4 rings (SSSR count). The number of anilines is 1. The molecule has 0 aliphatic rings. The van der Waals surface area contributed by atoms with Crippen molar-refractivity contribution >= 4 is 22.6 Å². The van der Waals surface area contributed by atoms with E-state index in [9.17, 15) is 18.0 Å². The Morgan fingerprint density at radius 1 is 0.967 bits per heavy atom. The molecular formula is C23H18F3N3O. The summed E-state index contributed by atoms with van der Waals surface area (Å²) in [6, 6.07) is 18.0. The second kappa shape index (κ2) is 7.33. The molecule has 4 aromatic rings. The average molecular weight is 409 g/mol. The molecule has 4 nitrogen and oxygen atoms in total. The number of pyridine rings is 1. The van der Waals surface area contributed by atoms with Gasteiger partial charge < -0.3 is 9.88 Å². The third kappa shape index (κ3) is 3.54. The van der Waals surface area contributed by atoms with Crippen molar-refractivity contribution in [2.75, 3.05) is 5.32 Å². The fourth-order valence-corrected chi connectivity index (χ4v) is 3.59. The Hall–Kier alpha value is -3.61. The van der Waals surface area contributed by atoms with Gasteiger partial charge in [-0.2, -0.15) is 13.2 Å². The minimum absolute atomic E-state index is 0.0112. The molecule has 0 saturated heterocycles. The van der Waals surface area contributed by atoms with Gasteiger partial charge in [-0.25, -0.2) is 4.98 Å². The Bertz CT molecular complexity index is 1260. The van der Waals surface area contributed by atoms with Gasteiger partial charge in [0.1, 0.15) is 5.82 Å². The predicted molar refractivity (Wildman–Crippen MR) is 110 cm³/mol. The molecule has 2 heterocycles. The van der Waals surface area contributed by atoms with E-state index in [4.69, 9.17) is 0 Å². The second-order valence-electron chi connectivity index (χ2n) is 6.98. The highest BCUT2D eigenvalue weighted by Crippen LogP contribution is 2.35. The van der Waals surface area contributed by atoms with Crippen LogP contribution in [0.25, 0.3) is 16.6 Å². The molecule has 7 heteroatoms. The molecule has 152 valence electrons. The van der Waals surface area contributed by atoms with Crippen molar-refractivity contribution in [2.45, 2.75) is 20.0 Å². The number of benzene rings is 2. The number of halogens is 3. The number of hydrogen-bond donors (Lipinski definition) is 1. The van der Waals surface area contributed by atoms with Crippen LogP contribution in [-0.4, -0.2) is 15.5 Å². The van der Waals surface area contributed by atoms with E-state index in [-0.39, 0.29) is 5.69 Å². The lowest BCUT2D eigenvalue weighted by Gasteiger charge is -2.16. The molecule has 0 atom stereocenters. The summed E-state index contributed by atoms with van der Waals surface area (Å²) in [7, 11) is 0. The highest BCUT2D eigenvalue weighted by atomic mass is 19.4. The predicted octanol–water partition coefficient (Wildman–Crippen LogP) is 5.91. The number of rotatable bonds is 3. The largest absolute Gasteiger partial charge is 0.418 e. The molecule has 0 unspecified atom stereocenters. The number of hydrogen-bond acceptors (Lipinski definition) is 2. The average Bonchev–Trinajstić information content (AvgIpc) is 3.01. The first-order valence-electron chi connectivity index (χ1n) is 9.28. The van der Waals surface area contributed by atoms with Crippen LogP contribution in [0.3, 0.4) is 0 Å². The monoisotopic (exact) mass is 409 g/mol. The molecule has 1 amide bonds. The number of carbonyl (C=O) groups is 1. The van der Waals surface area contributed by atoms with Gasteiger partial charge in [0.2, 0.25) is 0 Å². The molecule has 2 aromatic carbocycles. The van der Waals surface area contributed by atoms with E-state index in [0.29, 0.717) is 22.8 Å². The van der Waals surface area contributed by atoms with Gasteiger partial charge in [-0.05, 0) is 50.2 Å². The van der Waals surface area contributed by atoms with E-state index < -0.39 is 17.6 Å². The maximum Gasteiger partial charge on any atom is 0.418 e. The summed E-state index contributed by atoms with van der Waals surface area (Å²) in [5.74, 6) is -0.0548. The van der Waals surface area contributed by atoms with Crippen molar-refractivity contribution in [3.8, 4) is 5.69 Å². The molecule has 2 aromatic heterocycles. The van der Waals surface area contributed by atoms with Gasteiger partial charge in [-0.1, -0.05) is 30.3 Å². The minimum atomic E-state index is -4.50. The first-order valence-corrected chi connectivity index (χ1v) is 9.28. The summed E-state index contributed by atoms with van der Waals surface area (Å²) in [6.07, 6.45) is -4.50. The lowest BCUT2D eigenvalue weighted by Crippen LogP contribution is -2.15. The molecule has 0 saturated carbocycles. The van der Waals surface area contributed by atoms with E-state index >= 15 is 0 Å². The fraction of sp³-hybridized carbons (Fsp3) is 0.130. The van der Waals surface area contributed by atoms with Crippen LogP contribution < -0.4 is 5.32 Å². The van der Waals surface area contributed by atoms with Crippen molar-refractivity contribution < 1.29 is 18.0 Å². The second-order valence-corrected chi connectivity index (χ2v) is 6.98. The Morgan fingerprint density at radius 2 is 1.67 bits per heavy atom. The van der Waals surface area contributed by atoms with Crippen LogP contribution in [0.1, 0.15) is 27.3 Å². The van der Waals surface area contributed by atoms with Crippen molar-refractivity contribution in [3.05, 3.63) is 89.2 Å². The van der Waals surface area contributed by atoms with Crippen molar-refractivity contribution in [1.82, 2.24) is 9.55 Å². The zero-order valence-corrected chi connectivity index (χ0v) is 16.3. The van der Waals surface area contributed by atoms with Crippen molar-refractivity contribution in [3.63, 3.8) is 0 Å². The van der Waals surface area contributed by atoms with E-state index in [1.807, 2.05) is 30.3 Å². The summed E-state index contributed by atoms with van der Waals surface area (Å²) in [4.78, 5) is 17.3. The highest BCUT2D eigenvalue weighted by molar-refractivity contribution is 6.05. The maximum absolute atomic E-state index is 13.5. The Labute approximate surface area is 171 Å². The van der Waals surface area contributed by atoms with E-state index in [1.54, 1.807) is 32.0 Å². The zero-order chi connectivity index (χ0) is 21.5. The SMILES string of the molecule is Cc1cc(C(=O)Nc2ccc3ccccc3n2)c(C)n1-c1ccccc1C(F)(F)F. The van der Waals surface area contributed by atoms with Gasteiger partial charge in [-0.3, -0.25) is 4.79 Å². The first kappa shape index (κ1) is 19.7. The Balaban J connectivity index is 1.71. The van der Waals surface area contributed by atoms with Crippen LogP contribution in [0.15, 0.2) is 66.7 Å². The summed E-state index contributed by atoms with van der Waals surface area (Å²) < 4.78 is 41.9. The third-order valence-corrected chi connectivity index (χ3v) is 4.97. The van der Waals surface area contributed by atoms with Crippen LogP contribution in [0.5, 0.6) is 0 Å². The number of amides is 1. The summed E-state index contributed by atoms with van der Waals surface area (Å²) >= 11 is 0. The fourth-order valence-electron chi connectivity index (χ4n) is 3.59. The highest BCUT2D eigenvalue weighted by Gasteiger charge is 2.34. The molecule has 0 radical (unpaired) electrons. The van der Waals surface area contributed by atoms with Crippen molar-refractivity contribution in [1.29, 1.82) is 0 Å². The molecule has 1 N–H and O–H groups in total. The van der Waals surface area contributed by atoms with Gasteiger partial charge in [0.25, 0.3) is 5.91 Å². The number of para-hydroxylation sites is 2. The van der Waals surface area contributed by atoms with Crippen LogP contribution in [0.4, 0.5) is 19.0 Å². The van der Waals surface area contributed by atoms with Crippen LogP contribution in [0, 0.1) is 13.8 Å². The Kier molecular flexibility index (Phi) is 4.81. The molecular weight excluding hydrogens is 391 g/mol. The van der Waals surface area contributed by atoms with Gasteiger partial charge in [-0.15, -0.1) is 0 Å². The molecule has 0 aliphatic heterocycles. The van der Waals surface area contributed by atoms with Crippen LogP contribution in [0.2, 0.25) is 0 Å². The van der Waals surface area contributed by atoms with Gasteiger partial charge >= 0.3 is 6.18 Å². The number of nitrogens with zero attached hydrogens (tertiary/aromatic N) is 2. The molecule has 0 aliphatic carbocycles. The Morgan fingerprint density at radius 3 is 2.43 bits per heavy atom. The van der Waals surface area contributed by atoms with Crippen molar-refractivity contribution in [2.24, 2.45) is 0 Å². The molecule has 0 bridgehead atoms. The molecule has 0 spiro atoms. The minimum Gasteiger partial charge on any atom is -0.317 e. The van der Waals surface area contributed by atoms with Gasteiger partial charge in [0, 0.05) is 16.8 Å². The van der Waals surface area contributed by atoms with E-state index in [1.165, 1.54) is 16.7 Å². The number of aromatic nitrogens is 2. The molecule has 30 heavy (non-hydrogen) atoms. The summed E-state index contributed by atoms with van der Waals surface area (Å²) in [5, 5.41) is 3.68. The normalized spacial score (nSPS) is 11.6. The number of aryl methyl sites for hydroxylation is 1.